The Morgan fingerprint density at radius 3 is 2.22 bits per heavy atom. The number of carboxylic acid groups (broad SMARTS) is 1. The van der Waals surface area contributed by atoms with Crippen LogP contribution in [-0.2, 0) is 14.4 Å². The topological polar surface area (TPSA) is 101 Å². The Labute approximate surface area is 107 Å². The normalized spacial score (nSPS) is 11.9. The van der Waals surface area contributed by atoms with E-state index < -0.39 is 18.4 Å². The third-order valence-corrected chi connectivity index (χ3v) is 2.73. The summed E-state index contributed by atoms with van der Waals surface area (Å²) in [7, 11) is 0. The monoisotopic (exact) mass is 258 g/mol. The van der Waals surface area contributed by atoms with Crippen molar-refractivity contribution in [3.05, 3.63) is 0 Å². The summed E-state index contributed by atoms with van der Waals surface area (Å²) in [5.41, 5.74) is 5.02. The number of amides is 2. The molecule has 0 rings (SSSR count). The van der Waals surface area contributed by atoms with Crippen molar-refractivity contribution in [2.75, 3.05) is 13.1 Å². The van der Waals surface area contributed by atoms with E-state index in [1.165, 1.54) is 0 Å². The van der Waals surface area contributed by atoms with Crippen LogP contribution in [0.1, 0.15) is 39.5 Å². The molecule has 1 atom stereocenters. The average Bonchev–Trinajstić information content (AvgIpc) is 2.27. The molecule has 0 spiro atoms. The van der Waals surface area contributed by atoms with E-state index in [9.17, 15) is 14.4 Å². The van der Waals surface area contributed by atoms with E-state index in [0.29, 0.717) is 12.8 Å². The van der Waals surface area contributed by atoms with E-state index in [-0.39, 0.29) is 18.4 Å². The second-order valence-corrected chi connectivity index (χ2v) is 4.30. The van der Waals surface area contributed by atoms with E-state index in [4.69, 9.17) is 10.8 Å². The summed E-state index contributed by atoms with van der Waals surface area (Å²) < 4.78 is 0. The maximum Gasteiger partial charge on any atom is 0.323 e. The molecule has 0 aliphatic heterocycles. The molecule has 0 heterocycles. The lowest BCUT2D eigenvalue weighted by atomic mass is 9.97. The van der Waals surface area contributed by atoms with Gasteiger partial charge < -0.3 is 15.7 Å². The number of carboxylic acids is 1. The Kier molecular flexibility index (Phi) is 7.74. The number of hydrogen-bond donors (Lipinski definition) is 2. The Morgan fingerprint density at radius 1 is 1.22 bits per heavy atom. The maximum absolute atomic E-state index is 12.1. The van der Waals surface area contributed by atoms with Crippen molar-refractivity contribution in [1.29, 1.82) is 0 Å². The Morgan fingerprint density at radius 2 is 1.83 bits per heavy atom. The minimum Gasteiger partial charge on any atom is -0.480 e. The lowest BCUT2D eigenvalue weighted by Crippen LogP contribution is -2.44. The van der Waals surface area contributed by atoms with Crippen LogP contribution in [0.2, 0.25) is 0 Å². The van der Waals surface area contributed by atoms with Gasteiger partial charge in [0.25, 0.3) is 0 Å². The van der Waals surface area contributed by atoms with Gasteiger partial charge in [-0.2, -0.15) is 0 Å². The fourth-order valence-electron chi connectivity index (χ4n) is 1.77. The van der Waals surface area contributed by atoms with Crippen molar-refractivity contribution in [2.24, 2.45) is 11.7 Å². The largest absolute Gasteiger partial charge is 0.480 e. The number of nitrogens with two attached hydrogens (primary N) is 1. The van der Waals surface area contributed by atoms with Gasteiger partial charge in [-0.1, -0.05) is 26.7 Å². The molecule has 0 aromatic rings. The van der Waals surface area contributed by atoms with E-state index in [1.54, 1.807) is 0 Å². The second kappa shape index (κ2) is 8.49. The molecule has 2 amide bonds. The Bertz CT molecular complexity index is 288. The van der Waals surface area contributed by atoms with Gasteiger partial charge in [-0.25, -0.2) is 0 Å². The number of unbranched alkanes of at least 4 members (excludes halogenated alkanes) is 1. The van der Waals surface area contributed by atoms with E-state index in [1.807, 2.05) is 13.8 Å². The van der Waals surface area contributed by atoms with Gasteiger partial charge in [-0.3, -0.25) is 14.4 Å². The van der Waals surface area contributed by atoms with Crippen LogP contribution >= 0.6 is 0 Å². The molecule has 18 heavy (non-hydrogen) atoms. The van der Waals surface area contributed by atoms with Gasteiger partial charge in [-0.15, -0.1) is 0 Å². The fourth-order valence-corrected chi connectivity index (χ4v) is 1.77. The summed E-state index contributed by atoms with van der Waals surface area (Å²) >= 11 is 0. The Balaban J connectivity index is 4.67. The summed E-state index contributed by atoms with van der Waals surface area (Å²) in [4.78, 5) is 34.7. The van der Waals surface area contributed by atoms with Crippen LogP contribution in [0.25, 0.3) is 0 Å². The molecular formula is C12H22N2O4. The number of primary amides is 1. The summed E-state index contributed by atoms with van der Waals surface area (Å²) in [6, 6.07) is 0. The molecule has 0 saturated carbocycles. The number of carbonyl (C=O) groups is 3. The van der Waals surface area contributed by atoms with Gasteiger partial charge in [0.2, 0.25) is 11.8 Å². The van der Waals surface area contributed by atoms with Crippen LogP contribution in [0.5, 0.6) is 0 Å². The highest BCUT2D eigenvalue weighted by atomic mass is 16.4. The quantitative estimate of drug-likeness (QED) is 0.632. The van der Waals surface area contributed by atoms with Gasteiger partial charge in [0.15, 0.2) is 0 Å². The minimum atomic E-state index is -1.14. The predicted molar refractivity (Wildman–Crippen MR) is 66.7 cm³/mol. The van der Waals surface area contributed by atoms with Gasteiger partial charge in [-0.05, 0) is 12.8 Å². The van der Waals surface area contributed by atoms with Crippen LogP contribution in [0.3, 0.4) is 0 Å². The maximum atomic E-state index is 12.1. The molecule has 0 saturated heterocycles. The van der Waals surface area contributed by atoms with E-state index in [2.05, 4.69) is 0 Å². The lowest BCUT2D eigenvalue weighted by Gasteiger charge is -2.24. The van der Waals surface area contributed by atoms with E-state index >= 15 is 0 Å². The van der Waals surface area contributed by atoms with Crippen LogP contribution < -0.4 is 5.73 Å². The van der Waals surface area contributed by atoms with Gasteiger partial charge >= 0.3 is 5.97 Å². The third-order valence-electron chi connectivity index (χ3n) is 2.73. The summed E-state index contributed by atoms with van der Waals surface area (Å²) in [5.74, 6) is -2.37. The molecule has 0 aliphatic rings. The van der Waals surface area contributed by atoms with Crippen molar-refractivity contribution in [2.45, 2.75) is 39.5 Å². The zero-order valence-corrected chi connectivity index (χ0v) is 11.0. The molecule has 6 nitrogen and oxygen atoms in total. The number of carbonyl (C=O) groups excluding carboxylic acids is 2. The zero-order chi connectivity index (χ0) is 14.1. The molecule has 0 aliphatic carbocycles. The standard InChI is InChI=1S/C12H22N2O4/c1-3-5-6-9(4-2)12(18)14(7-10(13)15)8-11(16)17/h9H,3-8H2,1-2H3,(H2,13,15)(H,16,17). The number of nitrogens with zero attached hydrogens (tertiary/aromatic N) is 1. The smallest absolute Gasteiger partial charge is 0.323 e. The molecule has 0 aromatic carbocycles. The van der Waals surface area contributed by atoms with Crippen LogP contribution in [0.15, 0.2) is 0 Å². The van der Waals surface area contributed by atoms with Crippen molar-refractivity contribution < 1.29 is 19.5 Å². The van der Waals surface area contributed by atoms with Crippen molar-refractivity contribution in [3.8, 4) is 0 Å². The first kappa shape index (κ1) is 16.4. The average molecular weight is 258 g/mol. The summed E-state index contributed by atoms with van der Waals surface area (Å²) in [6.45, 7) is 3.08. The first-order chi connectivity index (χ1) is 8.42. The number of rotatable bonds is 9. The summed E-state index contributed by atoms with van der Waals surface area (Å²) in [6.07, 6.45) is 3.22. The first-order valence-electron chi connectivity index (χ1n) is 6.21. The molecule has 0 aromatic heterocycles. The molecule has 3 N–H and O–H groups in total. The van der Waals surface area contributed by atoms with Crippen LogP contribution in [-0.4, -0.2) is 40.9 Å². The highest BCUT2D eigenvalue weighted by Gasteiger charge is 2.25. The molecule has 1 unspecified atom stereocenters. The van der Waals surface area contributed by atoms with Crippen molar-refractivity contribution in [3.63, 3.8) is 0 Å². The van der Waals surface area contributed by atoms with Crippen LogP contribution in [0, 0.1) is 5.92 Å². The van der Waals surface area contributed by atoms with E-state index in [0.717, 1.165) is 17.7 Å². The zero-order valence-electron chi connectivity index (χ0n) is 11.0. The fraction of sp³-hybridized carbons (Fsp3) is 0.750. The van der Waals surface area contributed by atoms with Crippen molar-refractivity contribution >= 4 is 17.8 Å². The first-order valence-corrected chi connectivity index (χ1v) is 6.21. The lowest BCUT2D eigenvalue weighted by molar-refractivity contribution is -0.147. The van der Waals surface area contributed by atoms with Gasteiger partial charge in [0.05, 0.1) is 6.54 Å². The summed E-state index contributed by atoms with van der Waals surface area (Å²) in [5, 5.41) is 8.73. The molecule has 104 valence electrons. The van der Waals surface area contributed by atoms with Crippen molar-refractivity contribution in [1.82, 2.24) is 4.90 Å². The Hall–Kier alpha value is -1.59. The molecule has 0 radical (unpaired) electrons. The van der Waals surface area contributed by atoms with Gasteiger partial charge in [0.1, 0.15) is 6.54 Å². The predicted octanol–water partition coefficient (Wildman–Crippen LogP) is 0.601. The highest BCUT2D eigenvalue weighted by Crippen LogP contribution is 2.15. The third kappa shape index (κ3) is 6.22. The minimum absolute atomic E-state index is 0.233. The molecule has 6 heteroatoms. The molecule has 0 fully saturated rings. The highest BCUT2D eigenvalue weighted by molar-refractivity contribution is 5.87. The van der Waals surface area contributed by atoms with Crippen LogP contribution in [0.4, 0.5) is 0 Å². The molecular weight excluding hydrogens is 236 g/mol. The molecule has 0 bridgehead atoms. The second-order valence-electron chi connectivity index (χ2n) is 4.30. The van der Waals surface area contributed by atoms with Gasteiger partial charge in [0, 0.05) is 5.92 Å². The SMILES string of the molecule is CCCCC(CC)C(=O)N(CC(N)=O)CC(=O)O. The number of hydrogen-bond acceptors (Lipinski definition) is 3. The number of aliphatic carboxylic acids is 1.